The van der Waals surface area contributed by atoms with Crippen LogP contribution in [0.2, 0.25) is 0 Å². The fourth-order valence-electron chi connectivity index (χ4n) is 3.57. The molecule has 0 atom stereocenters. The van der Waals surface area contributed by atoms with Crippen LogP contribution in [-0.4, -0.2) is 19.1 Å². The molecule has 4 rings (SSSR count). The standard InChI is InChI=1S/C23H21NO3/c1-24(14-16-6-5-8-19(12-16)26-2)15-18-13-22(25)27-21-11-10-17-7-3-4-9-20(17)23(18)21/h3-13H,14-15H2,1-2H3. The average molecular weight is 359 g/mol. The van der Waals surface area contributed by atoms with Crippen molar-refractivity contribution >= 4 is 21.7 Å². The van der Waals surface area contributed by atoms with E-state index in [1.807, 2.05) is 49.5 Å². The van der Waals surface area contributed by atoms with E-state index in [9.17, 15) is 4.79 Å². The van der Waals surface area contributed by atoms with E-state index < -0.39 is 0 Å². The summed E-state index contributed by atoms with van der Waals surface area (Å²) in [6.07, 6.45) is 0. The summed E-state index contributed by atoms with van der Waals surface area (Å²) in [5.41, 5.74) is 2.45. The van der Waals surface area contributed by atoms with E-state index in [4.69, 9.17) is 9.15 Å². The van der Waals surface area contributed by atoms with E-state index in [-0.39, 0.29) is 5.63 Å². The van der Waals surface area contributed by atoms with Crippen molar-refractivity contribution in [2.75, 3.05) is 14.2 Å². The minimum absolute atomic E-state index is 0.317. The summed E-state index contributed by atoms with van der Waals surface area (Å²) in [5.74, 6) is 0.845. The molecule has 27 heavy (non-hydrogen) atoms. The molecule has 0 radical (unpaired) electrons. The highest BCUT2D eigenvalue weighted by atomic mass is 16.5. The van der Waals surface area contributed by atoms with E-state index in [1.165, 1.54) is 0 Å². The predicted molar refractivity (Wildman–Crippen MR) is 108 cm³/mol. The highest BCUT2D eigenvalue weighted by molar-refractivity contribution is 6.07. The fraction of sp³-hybridized carbons (Fsp3) is 0.174. The zero-order chi connectivity index (χ0) is 18.8. The molecule has 0 aliphatic rings. The van der Waals surface area contributed by atoms with Crippen molar-refractivity contribution in [3.63, 3.8) is 0 Å². The van der Waals surface area contributed by atoms with Gasteiger partial charge in [0.15, 0.2) is 0 Å². The van der Waals surface area contributed by atoms with Gasteiger partial charge in [-0.15, -0.1) is 0 Å². The van der Waals surface area contributed by atoms with Gasteiger partial charge in [-0.3, -0.25) is 4.90 Å². The first-order chi connectivity index (χ1) is 13.1. The number of fused-ring (bicyclic) bond motifs is 3. The van der Waals surface area contributed by atoms with Crippen LogP contribution in [0.3, 0.4) is 0 Å². The van der Waals surface area contributed by atoms with Crippen LogP contribution in [0.1, 0.15) is 11.1 Å². The van der Waals surface area contributed by atoms with Gasteiger partial charge in [-0.1, -0.05) is 42.5 Å². The van der Waals surface area contributed by atoms with Gasteiger partial charge in [0, 0.05) is 24.5 Å². The SMILES string of the molecule is COc1cccc(CN(C)Cc2cc(=O)oc3ccc4ccccc4c23)c1. The maximum atomic E-state index is 12.1. The lowest BCUT2D eigenvalue weighted by Gasteiger charge is -2.18. The Balaban J connectivity index is 1.72. The highest BCUT2D eigenvalue weighted by Crippen LogP contribution is 2.28. The van der Waals surface area contributed by atoms with Gasteiger partial charge < -0.3 is 9.15 Å². The Morgan fingerprint density at radius 3 is 2.67 bits per heavy atom. The van der Waals surface area contributed by atoms with Crippen molar-refractivity contribution in [2.45, 2.75) is 13.1 Å². The van der Waals surface area contributed by atoms with Crippen LogP contribution < -0.4 is 10.4 Å². The Morgan fingerprint density at radius 2 is 1.81 bits per heavy atom. The van der Waals surface area contributed by atoms with Gasteiger partial charge in [-0.2, -0.15) is 0 Å². The summed E-state index contributed by atoms with van der Waals surface area (Å²) in [5, 5.41) is 3.24. The van der Waals surface area contributed by atoms with Crippen LogP contribution in [-0.2, 0) is 13.1 Å². The molecular weight excluding hydrogens is 338 g/mol. The minimum atomic E-state index is -0.317. The molecule has 0 spiro atoms. The number of hydrogen-bond acceptors (Lipinski definition) is 4. The van der Waals surface area contributed by atoms with Crippen LogP contribution in [0.25, 0.3) is 21.7 Å². The molecule has 1 aromatic heterocycles. The normalized spacial score (nSPS) is 11.4. The van der Waals surface area contributed by atoms with E-state index >= 15 is 0 Å². The molecule has 4 heteroatoms. The van der Waals surface area contributed by atoms with Gasteiger partial charge in [0.2, 0.25) is 0 Å². The third-order valence-electron chi connectivity index (χ3n) is 4.74. The zero-order valence-electron chi connectivity index (χ0n) is 15.4. The summed E-state index contributed by atoms with van der Waals surface area (Å²) < 4.78 is 10.8. The third-order valence-corrected chi connectivity index (χ3v) is 4.74. The molecule has 0 aliphatic carbocycles. The average Bonchev–Trinajstić information content (AvgIpc) is 2.67. The molecular formula is C23H21NO3. The molecule has 1 heterocycles. The molecule has 0 bridgehead atoms. The first-order valence-corrected chi connectivity index (χ1v) is 8.90. The van der Waals surface area contributed by atoms with Gasteiger partial charge in [-0.25, -0.2) is 4.79 Å². The molecule has 0 amide bonds. The smallest absolute Gasteiger partial charge is 0.336 e. The fourth-order valence-corrected chi connectivity index (χ4v) is 3.57. The Bertz CT molecular complexity index is 1160. The quantitative estimate of drug-likeness (QED) is 0.386. The predicted octanol–water partition coefficient (Wildman–Crippen LogP) is 4.59. The molecule has 0 saturated heterocycles. The monoisotopic (exact) mass is 359 g/mol. The number of benzene rings is 3. The number of methoxy groups -OCH3 is 1. The van der Waals surface area contributed by atoms with Crippen LogP contribution >= 0.6 is 0 Å². The minimum Gasteiger partial charge on any atom is -0.497 e. The molecule has 136 valence electrons. The zero-order valence-corrected chi connectivity index (χ0v) is 15.4. The highest BCUT2D eigenvalue weighted by Gasteiger charge is 2.12. The Kier molecular flexibility index (Phi) is 4.65. The molecule has 0 fully saturated rings. The van der Waals surface area contributed by atoms with Gasteiger partial charge in [0.1, 0.15) is 11.3 Å². The van der Waals surface area contributed by atoms with Crippen molar-refractivity contribution in [1.29, 1.82) is 0 Å². The second-order valence-electron chi connectivity index (χ2n) is 6.77. The van der Waals surface area contributed by atoms with Crippen LogP contribution in [0, 0.1) is 0 Å². The van der Waals surface area contributed by atoms with Gasteiger partial charge in [0.25, 0.3) is 0 Å². The van der Waals surface area contributed by atoms with E-state index in [2.05, 4.69) is 23.1 Å². The molecule has 0 N–H and O–H groups in total. The van der Waals surface area contributed by atoms with Crippen LogP contribution in [0.4, 0.5) is 0 Å². The Labute approximate surface area is 157 Å². The van der Waals surface area contributed by atoms with Gasteiger partial charge in [-0.05, 0) is 47.1 Å². The number of ether oxygens (including phenoxy) is 1. The lowest BCUT2D eigenvalue weighted by Crippen LogP contribution is -2.18. The van der Waals surface area contributed by atoms with Crippen molar-refractivity contribution in [2.24, 2.45) is 0 Å². The van der Waals surface area contributed by atoms with Crippen LogP contribution in [0.5, 0.6) is 5.75 Å². The second kappa shape index (κ2) is 7.25. The molecule has 3 aromatic carbocycles. The van der Waals surface area contributed by atoms with Gasteiger partial charge in [0.05, 0.1) is 7.11 Å². The maximum Gasteiger partial charge on any atom is 0.336 e. The maximum absolute atomic E-state index is 12.1. The largest absolute Gasteiger partial charge is 0.497 e. The summed E-state index contributed by atoms with van der Waals surface area (Å²) >= 11 is 0. The topological polar surface area (TPSA) is 42.7 Å². The lowest BCUT2D eigenvalue weighted by molar-refractivity contribution is 0.318. The van der Waals surface area contributed by atoms with E-state index in [0.717, 1.165) is 39.6 Å². The summed E-state index contributed by atoms with van der Waals surface area (Å²) in [6.45, 7) is 1.40. The van der Waals surface area contributed by atoms with Crippen molar-refractivity contribution in [1.82, 2.24) is 4.90 Å². The van der Waals surface area contributed by atoms with Crippen molar-refractivity contribution in [3.8, 4) is 5.75 Å². The van der Waals surface area contributed by atoms with Crippen molar-refractivity contribution in [3.05, 3.63) is 88.3 Å². The van der Waals surface area contributed by atoms with Gasteiger partial charge >= 0.3 is 5.63 Å². The lowest BCUT2D eigenvalue weighted by atomic mass is 10.0. The number of nitrogens with zero attached hydrogens (tertiary/aromatic N) is 1. The summed E-state index contributed by atoms with van der Waals surface area (Å²) in [6, 6.07) is 21.7. The molecule has 0 aliphatic heterocycles. The Morgan fingerprint density at radius 1 is 0.963 bits per heavy atom. The molecule has 0 saturated carbocycles. The number of rotatable bonds is 5. The van der Waals surface area contributed by atoms with Crippen molar-refractivity contribution < 1.29 is 9.15 Å². The summed E-state index contributed by atoms with van der Waals surface area (Å²) in [7, 11) is 3.72. The number of hydrogen-bond donors (Lipinski definition) is 0. The second-order valence-corrected chi connectivity index (χ2v) is 6.77. The first-order valence-electron chi connectivity index (χ1n) is 8.90. The van der Waals surface area contributed by atoms with E-state index in [0.29, 0.717) is 12.1 Å². The third kappa shape index (κ3) is 3.57. The Hall–Kier alpha value is -3.11. The summed E-state index contributed by atoms with van der Waals surface area (Å²) in [4.78, 5) is 14.2. The van der Waals surface area contributed by atoms with E-state index in [1.54, 1.807) is 13.2 Å². The molecule has 4 aromatic rings. The molecule has 0 unspecified atom stereocenters. The molecule has 4 nitrogen and oxygen atoms in total. The first kappa shape index (κ1) is 17.3. The van der Waals surface area contributed by atoms with Crippen LogP contribution in [0.15, 0.2) is 75.9 Å².